The topological polar surface area (TPSA) is 38.7 Å². The van der Waals surface area contributed by atoms with E-state index in [9.17, 15) is 0 Å². The van der Waals surface area contributed by atoms with E-state index in [0.29, 0.717) is 6.61 Å². The van der Waals surface area contributed by atoms with Gasteiger partial charge in [0.15, 0.2) is 11.5 Å². The average molecular weight is 308 g/mol. The molecule has 0 aliphatic rings. The second-order valence-electron chi connectivity index (χ2n) is 5.84. The Morgan fingerprint density at radius 1 is 0.727 bits per heavy atom. The highest BCUT2D eigenvalue weighted by Gasteiger charge is 2.04. The van der Waals surface area contributed by atoms with Gasteiger partial charge in [-0.1, -0.05) is 51.0 Å². The van der Waals surface area contributed by atoms with Crippen LogP contribution < -0.4 is 9.47 Å². The van der Waals surface area contributed by atoms with Crippen molar-refractivity contribution >= 4 is 0 Å². The number of methoxy groups -OCH3 is 2. The van der Waals surface area contributed by atoms with Crippen molar-refractivity contribution in [3.8, 4) is 11.5 Å². The monoisotopic (exact) mass is 308 g/mol. The molecule has 1 rings (SSSR count). The van der Waals surface area contributed by atoms with E-state index >= 15 is 0 Å². The zero-order valence-electron chi connectivity index (χ0n) is 14.3. The molecule has 0 unspecified atom stereocenters. The number of aliphatic hydroxyl groups is 1. The van der Waals surface area contributed by atoms with Crippen LogP contribution in [0.5, 0.6) is 11.5 Å². The van der Waals surface area contributed by atoms with Crippen LogP contribution in [0.3, 0.4) is 0 Å². The predicted octanol–water partition coefficient (Wildman–Crippen LogP) is 4.75. The molecule has 3 heteroatoms. The Morgan fingerprint density at radius 3 is 1.82 bits per heavy atom. The molecule has 3 nitrogen and oxygen atoms in total. The smallest absolute Gasteiger partial charge is 0.160 e. The summed E-state index contributed by atoms with van der Waals surface area (Å²) >= 11 is 0. The molecule has 0 aliphatic carbocycles. The Labute approximate surface area is 135 Å². The molecule has 0 saturated heterocycles. The lowest BCUT2D eigenvalue weighted by molar-refractivity contribution is 0.282. The molecular weight excluding hydrogens is 276 g/mol. The summed E-state index contributed by atoms with van der Waals surface area (Å²) in [6.07, 6.45) is 12.4. The molecular formula is C19H32O3. The van der Waals surface area contributed by atoms with Gasteiger partial charge in [0, 0.05) is 6.61 Å². The summed E-state index contributed by atoms with van der Waals surface area (Å²) in [6.45, 7) is 0.343. The minimum atomic E-state index is 0.343. The Bertz CT molecular complexity index is 390. The third-order valence-electron chi connectivity index (χ3n) is 4.07. The van der Waals surface area contributed by atoms with Gasteiger partial charge in [0.1, 0.15) is 0 Å². The first kappa shape index (κ1) is 18.8. The zero-order chi connectivity index (χ0) is 16.0. The molecule has 0 heterocycles. The van der Waals surface area contributed by atoms with E-state index in [-0.39, 0.29) is 0 Å². The van der Waals surface area contributed by atoms with Gasteiger partial charge in [-0.2, -0.15) is 0 Å². The van der Waals surface area contributed by atoms with Crippen molar-refractivity contribution in [3.63, 3.8) is 0 Å². The molecule has 0 aromatic heterocycles. The highest BCUT2D eigenvalue weighted by Crippen LogP contribution is 2.28. The Morgan fingerprint density at radius 2 is 1.27 bits per heavy atom. The zero-order valence-corrected chi connectivity index (χ0v) is 14.3. The molecule has 0 spiro atoms. The molecule has 0 amide bonds. The van der Waals surface area contributed by atoms with E-state index in [4.69, 9.17) is 14.6 Å². The normalized spacial score (nSPS) is 10.7. The van der Waals surface area contributed by atoms with E-state index in [0.717, 1.165) is 24.3 Å². The van der Waals surface area contributed by atoms with Gasteiger partial charge in [-0.25, -0.2) is 0 Å². The van der Waals surface area contributed by atoms with E-state index in [1.807, 2.05) is 6.07 Å². The molecule has 0 saturated carbocycles. The number of benzene rings is 1. The summed E-state index contributed by atoms with van der Waals surface area (Å²) in [5.74, 6) is 1.62. The van der Waals surface area contributed by atoms with Crippen LogP contribution in [0.4, 0.5) is 0 Å². The molecule has 0 radical (unpaired) electrons. The van der Waals surface area contributed by atoms with Gasteiger partial charge in [0.05, 0.1) is 14.2 Å². The van der Waals surface area contributed by atoms with Crippen molar-refractivity contribution in [1.82, 2.24) is 0 Å². The molecule has 1 N–H and O–H groups in total. The Hall–Kier alpha value is -1.22. The molecule has 1 aromatic rings. The number of aryl methyl sites for hydroxylation is 1. The van der Waals surface area contributed by atoms with Gasteiger partial charge in [0.25, 0.3) is 0 Å². The number of ether oxygens (including phenoxy) is 2. The summed E-state index contributed by atoms with van der Waals surface area (Å²) in [7, 11) is 3.35. The van der Waals surface area contributed by atoms with Gasteiger partial charge >= 0.3 is 0 Å². The van der Waals surface area contributed by atoms with E-state index in [2.05, 4.69) is 12.1 Å². The maximum Gasteiger partial charge on any atom is 0.160 e. The minimum Gasteiger partial charge on any atom is -0.493 e. The quantitative estimate of drug-likeness (QED) is 0.534. The lowest BCUT2D eigenvalue weighted by Gasteiger charge is -2.09. The lowest BCUT2D eigenvalue weighted by Crippen LogP contribution is -1.93. The van der Waals surface area contributed by atoms with Crippen LogP contribution in [-0.4, -0.2) is 25.9 Å². The molecule has 0 aliphatic heterocycles. The molecule has 0 atom stereocenters. The summed E-state index contributed by atoms with van der Waals surface area (Å²) < 4.78 is 10.6. The number of hydrogen-bond acceptors (Lipinski definition) is 3. The maximum atomic E-state index is 8.71. The van der Waals surface area contributed by atoms with Crippen LogP contribution in [0.1, 0.15) is 63.4 Å². The fourth-order valence-corrected chi connectivity index (χ4v) is 2.71. The molecule has 22 heavy (non-hydrogen) atoms. The number of unbranched alkanes of at least 4 members (excludes halogenated alkanes) is 8. The predicted molar refractivity (Wildman–Crippen MR) is 91.9 cm³/mol. The standard InChI is InChI=1S/C19H32O3/c1-21-18-14-13-17(16-19(18)22-2)12-10-8-6-4-3-5-7-9-11-15-20/h13-14,16,20H,3-12,15H2,1-2H3. The Kier molecular flexibility index (Phi) is 10.6. The van der Waals surface area contributed by atoms with Crippen LogP contribution in [-0.2, 0) is 6.42 Å². The van der Waals surface area contributed by atoms with Crippen LogP contribution >= 0.6 is 0 Å². The second-order valence-corrected chi connectivity index (χ2v) is 5.84. The molecule has 126 valence electrons. The SMILES string of the molecule is COc1ccc(CCCCCCCCCCCO)cc1OC. The molecule has 1 aromatic carbocycles. The largest absolute Gasteiger partial charge is 0.493 e. The van der Waals surface area contributed by atoms with E-state index in [1.54, 1.807) is 14.2 Å². The van der Waals surface area contributed by atoms with Crippen LogP contribution in [0.25, 0.3) is 0 Å². The van der Waals surface area contributed by atoms with Crippen molar-refractivity contribution in [2.75, 3.05) is 20.8 Å². The summed E-state index contributed by atoms with van der Waals surface area (Å²) in [6, 6.07) is 6.20. The van der Waals surface area contributed by atoms with Gasteiger partial charge in [-0.3, -0.25) is 0 Å². The summed E-state index contributed by atoms with van der Waals surface area (Å²) in [5.41, 5.74) is 1.32. The van der Waals surface area contributed by atoms with Gasteiger partial charge in [-0.15, -0.1) is 0 Å². The molecule has 0 fully saturated rings. The average Bonchev–Trinajstić information content (AvgIpc) is 2.56. The van der Waals surface area contributed by atoms with Crippen molar-refractivity contribution in [2.45, 2.75) is 64.2 Å². The van der Waals surface area contributed by atoms with Crippen LogP contribution in [0.2, 0.25) is 0 Å². The van der Waals surface area contributed by atoms with E-state index in [1.165, 1.54) is 56.9 Å². The first-order valence-electron chi connectivity index (χ1n) is 8.63. The van der Waals surface area contributed by atoms with Crippen molar-refractivity contribution in [1.29, 1.82) is 0 Å². The van der Waals surface area contributed by atoms with Gasteiger partial charge in [-0.05, 0) is 37.0 Å². The highest BCUT2D eigenvalue weighted by molar-refractivity contribution is 5.42. The number of rotatable bonds is 13. The van der Waals surface area contributed by atoms with Crippen LogP contribution in [0.15, 0.2) is 18.2 Å². The highest BCUT2D eigenvalue weighted by atomic mass is 16.5. The Balaban J connectivity index is 2.07. The first-order valence-corrected chi connectivity index (χ1v) is 8.63. The molecule has 0 bridgehead atoms. The fraction of sp³-hybridized carbons (Fsp3) is 0.684. The van der Waals surface area contributed by atoms with Crippen LogP contribution in [0, 0.1) is 0 Å². The van der Waals surface area contributed by atoms with Crippen molar-refractivity contribution in [2.24, 2.45) is 0 Å². The lowest BCUT2D eigenvalue weighted by atomic mass is 10.0. The third kappa shape index (κ3) is 7.69. The van der Waals surface area contributed by atoms with E-state index < -0.39 is 0 Å². The third-order valence-corrected chi connectivity index (χ3v) is 4.07. The summed E-state index contributed by atoms with van der Waals surface area (Å²) in [5, 5.41) is 8.71. The van der Waals surface area contributed by atoms with Crippen molar-refractivity contribution in [3.05, 3.63) is 23.8 Å². The minimum absolute atomic E-state index is 0.343. The number of aliphatic hydroxyl groups excluding tert-OH is 1. The number of hydrogen-bond donors (Lipinski definition) is 1. The van der Waals surface area contributed by atoms with Gasteiger partial charge < -0.3 is 14.6 Å². The second kappa shape index (κ2) is 12.3. The summed E-state index contributed by atoms with van der Waals surface area (Å²) in [4.78, 5) is 0. The maximum absolute atomic E-state index is 8.71. The fourth-order valence-electron chi connectivity index (χ4n) is 2.71. The van der Waals surface area contributed by atoms with Crippen molar-refractivity contribution < 1.29 is 14.6 Å². The van der Waals surface area contributed by atoms with Gasteiger partial charge in [0.2, 0.25) is 0 Å². The first-order chi connectivity index (χ1) is 10.8.